The van der Waals surface area contributed by atoms with E-state index in [4.69, 9.17) is 16.3 Å². The number of ether oxygens (including phenoxy) is 1. The molecule has 0 spiro atoms. The fourth-order valence-corrected chi connectivity index (χ4v) is 2.74. The van der Waals surface area contributed by atoms with Crippen molar-refractivity contribution < 1.29 is 4.74 Å². The molecule has 0 aliphatic carbocycles. The third kappa shape index (κ3) is 2.41. The van der Waals surface area contributed by atoms with Crippen LogP contribution < -0.4 is 9.64 Å². The van der Waals surface area contributed by atoms with Crippen LogP contribution in [0, 0.1) is 0 Å². The molecule has 0 aromatic carbocycles. The Labute approximate surface area is 122 Å². The molecule has 0 amide bonds. The molecule has 20 heavy (non-hydrogen) atoms. The van der Waals surface area contributed by atoms with Crippen LogP contribution in [-0.2, 0) is 0 Å². The molecule has 3 heterocycles. The molecule has 6 heteroatoms. The van der Waals surface area contributed by atoms with E-state index in [1.165, 1.54) is 0 Å². The third-order valence-corrected chi connectivity index (χ3v) is 3.71. The van der Waals surface area contributed by atoms with Gasteiger partial charge < -0.3 is 9.64 Å². The highest BCUT2D eigenvalue weighted by Gasteiger charge is 2.29. The van der Waals surface area contributed by atoms with Crippen LogP contribution in [0.5, 0.6) is 6.01 Å². The second-order valence-corrected chi connectivity index (χ2v) is 5.04. The number of anilines is 1. The summed E-state index contributed by atoms with van der Waals surface area (Å²) in [4.78, 5) is 15.0. The van der Waals surface area contributed by atoms with Gasteiger partial charge in [0.25, 0.3) is 0 Å². The molecular weight excluding hydrogens is 276 g/mol. The Bertz CT molecular complexity index is 593. The van der Waals surface area contributed by atoms with Crippen molar-refractivity contribution in [1.29, 1.82) is 0 Å². The second kappa shape index (κ2) is 5.63. The van der Waals surface area contributed by atoms with Gasteiger partial charge >= 0.3 is 6.01 Å². The van der Waals surface area contributed by atoms with Gasteiger partial charge in [0.05, 0.1) is 25.0 Å². The van der Waals surface area contributed by atoms with Gasteiger partial charge in [0.1, 0.15) is 5.02 Å². The second-order valence-electron chi connectivity index (χ2n) is 4.63. The number of pyridine rings is 1. The van der Waals surface area contributed by atoms with Crippen LogP contribution >= 0.6 is 11.6 Å². The van der Waals surface area contributed by atoms with E-state index in [2.05, 4.69) is 19.9 Å². The first-order valence-electron chi connectivity index (χ1n) is 6.53. The van der Waals surface area contributed by atoms with Crippen molar-refractivity contribution in [2.45, 2.75) is 18.9 Å². The summed E-state index contributed by atoms with van der Waals surface area (Å²) in [5.41, 5.74) is 1.04. The Morgan fingerprint density at radius 3 is 3.00 bits per heavy atom. The van der Waals surface area contributed by atoms with Gasteiger partial charge in [0.2, 0.25) is 0 Å². The molecule has 1 saturated heterocycles. The fourth-order valence-electron chi connectivity index (χ4n) is 2.54. The Kier molecular flexibility index (Phi) is 3.69. The van der Waals surface area contributed by atoms with E-state index in [0.29, 0.717) is 16.9 Å². The molecule has 0 N–H and O–H groups in total. The van der Waals surface area contributed by atoms with E-state index in [1.54, 1.807) is 13.3 Å². The highest BCUT2D eigenvalue weighted by Crippen LogP contribution is 2.37. The average Bonchev–Trinajstić information content (AvgIpc) is 2.98. The molecule has 5 nitrogen and oxygen atoms in total. The Hall–Kier alpha value is -1.88. The smallest absolute Gasteiger partial charge is 0.318 e. The van der Waals surface area contributed by atoms with Crippen LogP contribution in [0.25, 0.3) is 0 Å². The van der Waals surface area contributed by atoms with E-state index >= 15 is 0 Å². The van der Waals surface area contributed by atoms with Crippen LogP contribution in [-0.4, -0.2) is 28.6 Å². The van der Waals surface area contributed by atoms with E-state index < -0.39 is 0 Å². The van der Waals surface area contributed by atoms with E-state index in [0.717, 1.165) is 25.1 Å². The molecule has 2 aromatic heterocycles. The summed E-state index contributed by atoms with van der Waals surface area (Å²) in [5.74, 6) is 0.715. The maximum atomic E-state index is 6.24. The largest absolute Gasteiger partial charge is 0.467 e. The minimum Gasteiger partial charge on any atom is -0.467 e. The number of nitrogens with zero attached hydrogens (tertiary/aromatic N) is 4. The SMILES string of the molecule is COc1ncc(Cl)c(N2CCCC2c2ccccn2)n1. The van der Waals surface area contributed by atoms with Crippen molar-refractivity contribution in [2.24, 2.45) is 0 Å². The van der Waals surface area contributed by atoms with Gasteiger partial charge in [0.15, 0.2) is 5.82 Å². The molecule has 2 aromatic rings. The predicted octanol–water partition coefficient (Wildman–Crippen LogP) is 2.88. The maximum Gasteiger partial charge on any atom is 0.318 e. The van der Waals surface area contributed by atoms with Gasteiger partial charge in [-0.05, 0) is 25.0 Å². The van der Waals surface area contributed by atoms with Crippen molar-refractivity contribution in [1.82, 2.24) is 15.0 Å². The van der Waals surface area contributed by atoms with Crippen molar-refractivity contribution in [3.05, 3.63) is 41.3 Å². The van der Waals surface area contributed by atoms with E-state index in [1.807, 2.05) is 24.4 Å². The van der Waals surface area contributed by atoms with Crippen molar-refractivity contribution in [3.63, 3.8) is 0 Å². The molecule has 0 bridgehead atoms. The van der Waals surface area contributed by atoms with Crippen molar-refractivity contribution in [2.75, 3.05) is 18.6 Å². The van der Waals surface area contributed by atoms with Crippen LogP contribution in [0.3, 0.4) is 0 Å². The maximum absolute atomic E-state index is 6.24. The summed E-state index contributed by atoms with van der Waals surface area (Å²) >= 11 is 6.24. The van der Waals surface area contributed by atoms with Crippen LogP contribution in [0.2, 0.25) is 5.02 Å². The Morgan fingerprint density at radius 2 is 2.25 bits per heavy atom. The number of hydrogen-bond acceptors (Lipinski definition) is 5. The van der Waals surface area contributed by atoms with Crippen LogP contribution in [0.4, 0.5) is 5.82 Å². The lowest BCUT2D eigenvalue weighted by Gasteiger charge is -2.26. The van der Waals surface area contributed by atoms with Gasteiger partial charge in [-0.3, -0.25) is 4.98 Å². The predicted molar refractivity (Wildman–Crippen MR) is 77.2 cm³/mol. The first-order valence-corrected chi connectivity index (χ1v) is 6.91. The van der Waals surface area contributed by atoms with Crippen LogP contribution in [0.1, 0.15) is 24.6 Å². The highest BCUT2D eigenvalue weighted by atomic mass is 35.5. The number of hydrogen-bond donors (Lipinski definition) is 0. The Balaban J connectivity index is 1.96. The summed E-state index contributed by atoms with van der Waals surface area (Å²) in [6, 6.07) is 6.49. The lowest BCUT2D eigenvalue weighted by Crippen LogP contribution is -2.24. The van der Waals surface area contributed by atoms with E-state index in [-0.39, 0.29) is 6.04 Å². The van der Waals surface area contributed by atoms with Crippen molar-refractivity contribution in [3.8, 4) is 6.01 Å². The molecule has 3 rings (SSSR count). The molecule has 1 aliphatic rings. The normalized spacial score (nSPS) is 18.3. The monoisotopic (exact) mass is 290 g/mol. The van der Waals surface area contributed by atoms with Gasteiger partial charge in [-0.25, -0.2) is 4.98 Å². The van der Waals surface area contributed by atoms with Crippen LogP contribution in [0.15, 0.2) is 30.6 Å². The molecule has 0 radical (unpaired) electrons. The number of halogens is 1. The summed E-state index contributed by atoms with van der Waals surface area (Å²) in [5, 5.41) is 0.536. The fraction of sp³-hybridized carbons (Fsp3) is 0.357. The Morgan fingerprint density at radius 1 is 1.35 bits per heavy atom. The van der Waals surface area contributed by atoms with E-state index in [9.17, 15) is 0 Å². The minimum atomic E-state index is 0.202. The lowest BCUT2D eigenvalue weighted by atomic mass is 10.1. The van der Waals surface area contributed by atoms with Crippen molar-refractivity contribution >= 4 is 17.4 Å². The number of rotatable bonds is 3. The first-order chi connectivity index (χ1) is 9.79. The molecule has 1 fully saturated rings. The lowest BCUT2D eigenvalue weighted by molar-refractivity contribution is 0.379. The van der Waals surface area contributed by atoms with Gasteiger partial charge in [-0.2, -0.15) is 4.98 Å². The highest BCUT2D eigenvalue weighted by molar-refractivity contribution is 6.32. The summed E-state index contributed by atoms with van der Waals surface area (Å²) in [6.07, 6.45) is 5.52. The molecular formula is C14H15ClN4O. The molecule has 1 unspecified atom stereocenters. The zero-order valence-electron chi connectivity index (χ0n) is 11.2. The van der Waals surface area contributed by atoms with Gasteiger partial charge in [-0.1, -0.05) is 17.7 Å². The van der Waals surface area contributed by atoms with Gasteiger partial charge in [0, 0.05) is 12.7 Å². The van der Waals surface area contributed by atoms with Gasteiger partial charge in [-0.15, -0.1) is 0 Å². The summed E-state index contributed by atoms with van der Waals surface area (Å²) in [7, 11) is 1.55. The number of methoxy groups -OCH3 is 1. The molecule has 0 saturated carbocycles. The quantitative estimate of drug-likeness (QED) is 0.870. The third-order valence-electron chi connectivity index (χ3n) is 3.44. The summed E-state index contributed by atoms with van der Waals surface area (Å²) in [6.45, 7) is 0.904. The average molecular weight is 291 g/mol. The molecule has 1 atom stereocenters. The zero-order chi connectivity index (χ0) is 13.9. The topological polar surface area (TPSA) is 51.1 Å². The minimum absolute atomic E-state index is 0.202. The summed E-state index contributed by atoms with van der Waals surface area (Å²) < 4.78 is 5.09. The standard InChI is InChI=1S/C14H15ClN4O/c1-20-14-17-9-10(15)13(18-14)19-8-4-6-12(19)11-5-2-3-7-16-11/h2-3,5,7,9,12H,4,6,8H2,1H3. The zero-order valence-corrected chi connectivity index (χ0v) is 11.9. The number of aromatic nitrogens is 3. The molecule has 1 aliphatic heterocycles. The molecule has 104 valence electrons. The first kappa shape index (κ1) is 13.1.